The van der Waals surface area contributed by atoms with Crippen LogP contribution in [0.3, 0.4) is 0 Å². The van der Waals surface area contributed by atoms with E-state index in [0.717, 1.165) is 22.9 Å². The van der Waals surface area contributed by atoms with Gasteiger partial charge in [0, 0.05) is 10.8 Å². The van der Waals surface area contributed by atoms with Crippen molar-refractivity contribution in [3.63, 3.8) is 0 Å². The summed E-state index contributed by atoms with van der Waals surface area (Å²) < 4.78 is 5.81. The Balaban J connectivity index is 2.00. The Kier molecular flexibility index (Phi) is 3.52. The molecule has 0 bridgehead atoms. The summed E-state index contributed by atoms with van der Waals surface area (Å²) in [6.07, 6.45) is 1.00. The van der Waals surface area contributed by atoms with Crippen LogP contribution in [0.1, 0.15) is 12.5 Å². The van der Waals surface area contributed by atoms with Gasteiger partial charge in [0.25, 0.3) is 0 Å². The highest BCUT2D eigenvalue weighted by atomic mass is 35.5. The number of fused-ring (bicyclic) bond motifs is 1. The van der Waals surface area contributed by atoms with Gasteiger partial charge in [-0.25, -0.2) is 0 Å². The third kappa shape index (κ3) is 2.45. The van der Waals surface area contributed by atoms with E-state index < -0.39 is 0 Å². The second-order valence-electron chi connectivity index (χ2n) is 4.44. The minimum atomic E-state index is 0.384. The Morgan fingerprint density at radius 3 is 2.35 bits per heavy atom. The first-order chi connectivity index (χ1) is 9.78. The fourth-order valence-electron chi connectivity index (χ4n) is 2.03. The molecular weight excluding hydrogens is 272 g/mol. The smallest absolute Gasteiger partial charge is 0.246 e. The predicted octanol–water partition coefficient (Wildman–Crippen LogP) is 4.64. The van der Waals surface area contributed by atoms with Gasteiger partial charge in [-0.05, 0) is 30.2 Å². The number of benzene rings is 2. The van der Waals surface area contributed by atoms with Gasteiger partial charge in [0.1, 0.15) is 5.75 Å². The fraction of sp³-hybridized carbons (Fsp3) is 0.125. The van der Waals surface area contributed by atoms with Crippen molar-refractivity contribution in [2.45, 2.75) is 13.3 Å². The Morgan fingerprint density at radius 2 is 1.65 bits per heavy atom. The average Bonchev–Trinajstić information content (AvgIpc) is 2.51. The molecule has 0 fully saturated rings. The number of hydrogen-bond donors (Lipinski definition) is 0. The van der Waals surface area contributed by atoms with Crippen molar-refractivity contribution in [1.29, 1.82) is 0 Å². The minimum absolute atomic E-state index is 0.384. The van der Waals surface area contributed by atoms with Gasteiger partial charge in [0.05, 0.1) is 0 Å². The van der Waals surface area contributed by atoms with Crippen LogP contribution in [0.25, 0.3) is 10.8 Å². The normalized spacial score (nSPS) is 10.7. The van der Waals surface area contributed by atoms with E-state index >= 15 is 0 Å². The van der Waals surface area contributed by atoms with E-state index in [-0.39, 0.29) is 0 Å². The standard InChI is InChI=1S/C16H13ClN2O/c1-2-11-7-9-12(10-8-11)20-16-14-6-4-3-5-13(14)15(17)18-19-16/h3-10H,2H2,1H3. The topological polar surface area (TPSA) is 35.0 Å². The zero-order valence-corrected chi connectivity index (χ0v) is 11.8. The molecule has 0 aliphatic rings. The van der Waals surface area contributed by atoms with Crippen LogP contribution in [0.5, 0.6) is 11.6 Å². The van der Waals surface area contributed by atoms with Crippen LogP contribution in [0.4, 0.5) is 0 Å². The maximum atomic E-state index is 6.04. The lowest BCUT2D eigenvalue weighted by atomic mass is 10.2. The first-order valence-electron chi connectivity index (χ1n) is 6.45. The Hall–Kier alpha value is -2.13. The van der Waals surface area contributed by atoms with Crippen LogP contribution in [0.15, 0.2) is 48.5 Å². The van der Waals surface area contributed by atoms with Crippen LogP contribution >= 0.6 is 11.6 Å². The zero-order valence-electron chi connectivity index (χ0n) is 11.0. The summed E-state index contributed by atoms with van der Waals surface area (Å²) in [5.41, 5.74) is 1.27. The molecule has 1 heterocycles. The number of halogens is 1. The molecule has 0 spiro atoms. The van der Waals surface area contributed by atoms with Gasteiger partial charge in [-0.1, -0.05) is 48.9 Å². The first kappa shape index (κ1) is 12.9. The summed E-state index contributed by atoms with van der Waals surface area (Å²) in [6.45, 7) is 2.12. The van der Waals surface area contributed by atoms with Gasteiger partial charge in [-0.2, -0.15) is 0 Å². The average molecular weight is 285 g/mol. The second kappa shape index (κ2) is 5.47. The molecule has 2 aromatic carbocycles. The van der Waals surface area contributed by atoms with E-state index in [1.807, 2.05) is 48.5 Å². The van der Waals surface area contributed by atoms with E-state index in [2.05, 4.69) is 17.1 Å². The molecule has 0 atom stereocenters. The van der Waals surface area contributed by atoms with Crippen molar-refractivity contribution in [3.8, 4) is 11.6 Å². The Labute approximate surface area is 122 Å². The van der Waals surface area contributed by atoms with Crippen LogP contribution in [-0.2, 0) is 6.42 Å². The molecule has 0 saturated carbocycles. The molecule has 3 aromatic rings. The quantitative estimate of drug-likeness (QED) is 0.703. The van der Waals surface area contributed by atoms with Crippen LogP contribution in [0.2, 0.25) is 5.15 Å². The van der Waals surface area contributed by atoms with Crippen LogP contribution in [-0.4, -0.2) is 10.2 Å². The number of ether oxygens (including phenoxy) is 1. The summed E-state index contributed by atoms with van der Waals surface area (Å²) >= 11 is 6.04. The Bertz CT molecular complexity index is 741. The summed E-state index contributed by atoms with van der Waals surface area (Å²) in [5, 5.41) is 10.0. The van der Waals surface area contributed by atoms with Crippen molar-refractivity contribution in [2.75, 3.05) is 0 Å². The van der Waals surface area contributed by atoms with Gasteiger partial charge in [0.15, 0.2) is 5.15 Å². The summed E-state index contributed by atoms with van der Waals surface area (Å²) in [7, 11) is 0. The van der Waals surface area contributed by atoms with Gasteiger partial charge in [0.2, 0.25) is 5.88 Å². The van der Waals surface area contributed by atoms with E-state index in [4.69, 9.17) is 16.3 Å². The number of rotatable bonds is 3. The zero-order chi connectivity index (χ0) is 13.9. The molecule has 0 unspecified atom stereocenters. The van der Waals surface area contributed by atoms with Crippen LogP contribution < -0.4 is 4.74 Å². The summed E-state index contributed by atoms with van der Waals surface area (Å²) in [4.78, 5) is 0. The molecule has 100 valence electrons. The van der Waals surface area contributed by atoms with Crippen molar-refractivity contribution >= 4 is 22.4 Å². The highest BCUT2D eigenvalue weighted by molar-refractivity contribution is 6.34. The summed E-state index contributed by atoms with van der Waals surface area (Å²) in [6, 6.07) is 15.6. The highest BCUT2D eigenvalue weighted by Crippen LogP contribution is 2.30. The Morgan fingerprint density at radius 1 is 0.950 bits per heavy atom. The monoisotopic (exact) mass is 284 g/mol. The molecule has 3 nitrogen and oxygen atoms in total. The first-order valence-corrected chi connectivity index (χ1v) is 6.83. The van der Waals surface area contributed by atoms with Gasteiger partial charge >= 0.3 is 0 Å². The van der Waals surface area contributed by atoms with E-state index in [1.54, 1.807) is 0 Å². The lowest BCUT2D eigenvalue weighted by Crippen LogP contribution is -1.93. The lowest BCUT2D eigenvalue weighted by Gasteiger charge is -2.08. The second-order valence-corrected chi connectivity index (χ2v) is 4.80. The number of aromatic nitrogens is 2. The molecule has 4 heteroatoms. The van der Waals surface area contributed by atoms with Crippen molar-refractivity contribution in [3.05, 3.63) is 59.2 Å². The van der Waals surface area contributed by atoms with Gasteiger partial charge in [-0.3, -0.25) is 0 Å². The minimum Gasteiger partial charge on any atom is -0.437 e. The number of nitrogens with zero attached hydrogens (tertiary/aromatic N) is 2. The SMILES string of the molecule is CCc1ccc(Oc2nnc(Cl)c3ccccc23)cc1. The molecule has 3 rings (SSSR count). The van der Waals surface area contributed by atoms with E-state index in [9.17, 15) is 0 Å². The molecule has 0 saturated heterocycles. The highest BCUT2D eigenvalue weighted by Gasteiger charge is 2.09. The fourth-order valence-corrected chi connectivity index (χ4v) is 2.23. The molecular formula is C16H13ClN2O. The van der Waals surface area contributed by atoms with Crippen LogP contribution in [0, 0.1) is 0 Å². The number of aryl methyl sites for hydroxylation is 1. The predicted molar refractivity (Wildman–Crippen MR) is 80.4 cm³/mol. The maximum Gasteiger partial charge on any atom is 0.246 e. The van der Waals surface area contributed by atoms with Crippen molar-refractivity contribution in [2.24, 2.45) is 0 Å². The molecule has 0 N–H and O–H groups in total. The van der Waals surface area contributed by atoms with Gasteiger partial charge < -0.3 is 4.74 Å². The third-order valence-corrected chi connectivity index (χ3v) is 3.43. The lowest BCUT2D eigenvalue weighted by molar-refractivity contribution is 0.462. The van der Waals surface area contributed by atoms with Gasteiger partial charge in [-0.15, -0.1) is 10.2 Å². The molecule has 0 aliphatic heterocycles. The summed E-state index contributed by atoms with van der Waals surface area (Å²) in [5.74, 6) is 1.21. The maximum absolute atomic E-state index is 6.04. The van der Waals surface area contributed by atoms with Crippen molar-refractivity contribution in [1.82, 2.24) is 10.2 Å². The molecule has 20 heavy (non-hydrogen) atoms. The van der Waals surface area contributed by atoms with E-state index in [1.165, 1.54) is 5.56 Å². The van der Waals surface area contributed by atoms with E-state index in [0.29, 0.717) is 11.0 Å². The third-order valence-electron chi connectivity index (χ3n) is 3.15. The molecule has 0 amide bonds. The molecule has 1 aromatic heterocycles. The number of hydrogen-bond acceptors (Lipinski definition) is 3. The molecule has 0 aliphatic carbocycles. The molecule has 0 radical (unpaired) electrons. The largest absolute Gasteiger partial charge is 0.437 e. The van der Waals surface area contributed by atoms with Crippen molar-refractivity contribution < 1.29 is 4.74 Å².